The first-order chi connectivity index (χ1) is 11.8. The number of alkyl halides is 6. The van der Waals surface area contributed by atoms with Gasteiger partial charge in [0, 0.05) is 0 Å². The van der Waals surface area contributed by atoms with E-state index in [1.54, 1.807) is 0 Å². The SMILES string of the molecule is CCCCCCCC(C)(CCCCCC)CC(O)(C(F)(F)F)C(F)(F)F. The number of rotatable bonds is 13. The number of halogens is 6. The van der Waals surface area contributed by atoms with Crippen LogP contribution in [0.3, 0.4) is 0 Å². The summed E-state index contributed by atoms with van der Waals surface area (Å²) < 4.78 is 78.6. The maximum atomic E-state index is 13.1. The number of hydrogen-bond acceptors (Lipinski definition) is 1. The normalized spacial score (nSPS) is 15.9. The highest BCUT2D eigenvalue weighted by atomic mass is 19.4. The van der Waals surface area contributed by atoms with E-state index in [-0.39, 0.29) is 12.8 Å². The van der Waals surface area contributed by atoms with Gasteiger partial charge in [0.05, 0.1) is 0 Å². The van der Waals surface area contributed by atoms with Gasteiger partial charge in [-0.15, -0.1) is 0 Å². The smallest absolute Gasteiger partial charge is 0.374 e. The molecule has 158 valence electrons. The van der Waals surface area contributed by atoms with Gasteiger partial charge in [0.2, 0.25) is 0 Å². The van der Waals surface area contributed by atoms with Crippen molar-refractivity contribution in [1.29, 1.82) is 0 Å². The molecule has 0 radical (unpaired) electrons. The Morgan fingerprint density at radius 3 is 1.31 bits per heavy atom. The summed E-state index contributed by atoms with van der Waals surface area (Å²) in [7, 11) is 0. The number of hydrogen-bond donors (Lipinski definition) is 1. The molecule has 0 saturated heterocycles. The molecule has 0 rings (SSSR count). The van der Waals surface area contributed by atoms with Crippen molar-refractivity contribution < 1.29 is 31.4 Å². The highest BCUT2D eigenvalue weighted by Gasteiger charge is 2.71. The van der Waals surface area contributed by atoms with Crippen LogP contribution in [0.5, 0.6) is 0 Å². The van der Waals surface area contributed by atoms with E-state index in [1.807, 2.05) is 13.8 Å². The highest BCUT2D eigenvalue weighted by Crippen LogP contribution is 2.51. The van der Waals surface area contributed by atoms with E-state index in [4.69, 9.17) is 0 Å². The maximum absolute atomic E-state index is 13.1. The summed E-state index contributed by atoms with van der Waals surface area (Å²) in [5.74, 6) is 0. The first-order valence-corrected chi connectivity index (χ1v) is 9.69. The summed E-state index contributed by atoms with van der Waals surface area (Å²) in [5.41, 5.74) is -5.84. The quantitative estimate of drug-likeness (QED) is 0.253. The Morgan fingerprint density at radius 2 is 0.962 bits per heavy atom. The first kappa shape index (κ1) is 25.5. The molecule has 0 aromatic rings. The standard InChI is InChI=1S/C19H34F6O/c1-4-6-8-10-12-14-16(3,13-11-9-7-5-2)15-17(26,18(20,21)22)19(23,24)25/h26H,4-15H2,1-3H3. The molecule has 0 aliphatic heterocycles. The molecular formula is C19H34F6O. The van der Waals surface area contributed by atoms with Crippen LogP contribution in [0, 0.1) is 5.41 Å². The molecule has 1 unspecified atom stereocenters. The van der Waals surface area contributed by atoms with Crippen LogP contribution in [0.1, 0.15) is 97.8 Å². The molecule has 0 aromatic heterocycles. The second-order valence-electron chi connectivity index (χ2n) is 7.82. The van der Waals surface area contributed by atoms with Crippen LogP contribution < -0.4 is 0 Å². The molecule has 0 aliphatic rings. The predicted molar refractivity (Wildman–Crippen MR) is 91.9 cm³/mol. The van der Waals surface area contributed by atoms with Crippen LogP contribution in [0.25, 0.3) is 0 Å². The third-order valence-electron chi connectivity index (χ3n) is 5.14. The first-order valence-electron chi connectivity index (χ1n) is 9.69. The average Bonchev–Trinajstić information content (AvgIpc) is 2.49. The lowest BCUT2D eigenvalue weighted by molar-refractivity contribution is -0.376. The Balaban J connectivity index is 5.21. The fraction of sp³-hybridized carbons (Fsp3) is 1.00. The fourth-order valence-corrected chi connectivity index (χ4v) is 3.41. The Morgan fingerprint density at radius 1 is 0.615 bits per heavy atom. The van der Waals surface area contributed by atoms with Gasteiger partial charge in [-0.3, -0.25) is 0 Å². The molecule has 0 saturated carbocycles. The van der Waals surface area contributed by atoms with E-state index in [2.05, 4.69) is 0 Å². The van der Waals surface area contributed by atoms with Gasteiger partial charge in [0.25, 0.3) is 5.60 Å². The molecular weight excluding hydrogens is 358 g/mol. The highest BCUT2D eigenvalue weighted by molar-refractivity contribution is 4.98. The second-order valence-corrected chi connectivity index (χ2v) is 7.82. The summed E-state index contributed by atoms with van der Waals surface area (Å²) in [6.07, 6.45) is -4.80. The van der Waals surface area contributed by atoms with Crippen LogP contribution in [0.15, 0.2) is 0 Å². The van der Waals surface area contributed by atoms with Crippen molar-refractivity contribution in [2.45, 2.75) is 116 Å². The Bertz CT molecular complexity index is 363. The van der Waals surface area contributed by atoms with Gasteiger partial charge < -0.3 is 5.11 Å². The molecule has 0 bridgehead atoms. The predicted octanol–water partition coefficient (Wildman–Crippen LogP) is 7.57. The molecule has 26 heavy (non-hydrogen) atoms. The molecule has 7 heteroatoms. The lowest BCUT2D eigenvalue weighted by Crippen LogP contribution is -2.59. The molecule has 0 heterocycles. The third kappa shape index (κ3) is 8.05. The molecule has 1 N–H and O–H groups in total. The topological polar surface area (TPSA) is 20.2 Å². The second kappa shape index (κ2) is 10.8. The number of unbranched alkanes of at least 4 members (excludes halogenated alkanes) is 7. The van der Waals surface area contributed by atoms with E-state index in [0.717, 1.165) is 44.9 Å². The molecule has 0 amide bonds. The zero-order chi connectivity index (χ0) is 20.5. The van der Waals surface area contributed by atoms with E-state index in [1.165, 1.54) is 6.92 Å². The van der Waals surface area contributed by atoms with Crippen LogP contribution in [-0.2, 0) is 0 Å². The zero-order valence-corrected chi connectivity index (χ0v) is 16.2. The van der Waals surface area contributed by atoms with Crippen molar-refractivity contribution in [3.63, 3.8) is 0 Å². The van der Waals surface area contributed by atoms with Crippen molar-refractivity contribution in [3.05, 3.63) is 0 Å². The van der Waals surface area contributed by atoms with Crippen molar-refractivity contribution in [3.8, 4) is 0 Å². The van der Waals surface area contributed by atoms with Crippen molar-refractivity contribution >= 4 is 0 Å². The molecule has 0 fully saturated rings. The van der Waals surface area contributed by atoms with Crippen LogP contribution in [0.2, 0.25) is 0 Å². The van der Waals surface area contributed by atoms with Crippen molar-refractivity contribution in [2.75, 3.05) is 0 Å². The fourth-order valence-electron chi connectivity index (χ4n) is 3.41. The van der Waals surface area contributed by atoms with Gasteiger partial charge in [-0.1, -0.05) is 78.6 Å². The van der Waals surface area contributed by atoms with E-state index < -0.39 is 29.8 Å². The molecule has 0 aliphatic carbocycles. The van der Waals surface area contributed by atoms with Gasteiger partial charge in [0.1, 0.15) is 0 Å². The van der Waals surface area contributed by atoms with Gasteiger partial charge in [-0.05, 0) is 24.7 Å². The molecule has 1 atom stereocenters. The van der Waals surface area contributed by atoms with Gasteiger partial charge in [-0.2, -0.15) is 26.3 Å². The van der Waals surface area contributed by atoms with Crippen LogP contribution in [-0.4, -0.2) is 23.1 Å². The summed E-state index contributed by atoms with van der Waals surface area (Å²) in [4.78, 5) is 0. The third-order valence-corrected chi connectivity index (χ3v) is 5.14. The van der Waals surface area contributed by atoms with E-state index in [9.17, 15) is 31.4 Å². The summed E-state index contributed by atoms with van der Waals surface area (Å²) in [6, 6.07) is 0. The number of aliphatic hydroxyl groups is 1. The average molecular weight is 392 g/mol. The minimum Gasteiger partial charge on any atom is -0.374 e. The lowest BCUT2D eigenvalue weighted by Gasteiger charge is -2.40. The molecule has 0 spiro atoms. The van der Waals surface area contributed by atoms with E-state index in [0.29, 0.717) is 12.8 Å². The maximum Gasteiger partial charge on any atom is 0.426 e. The summed E-state index contributed by atoms with van der Waals surface area (Å²) in [6.45, 7) is 5.48. The Kier molecular flexibility index (Phi) is 10.6. The molecule has 1 nitrogen and oxygen atoms in total. The minimum atomic E-state index is -5.74. The van der Waals surface area contributed by atoms with Gasteiger partial charge in [-0.25, -0.2) is 0 Å². The van der Waals surface area contributed by atoms with Gasteiger partial charge >= 0.3 is 12.4 Å². The molecule has 0 aromatic carbocycles. The lowest BCUT2D eigenvalue weighted by atomic mass is 9.71. The summed E-state index contributed by atoms with van der Waals surface area (Å²) >= 11 is 0. The van der Waals surface area contributed by atoms with E-state index >= 15 is 0 Å². The Labute approximate surface area is 153 Å². The van der Waals surface area contributed by atoms with Crippen LogP contribution in [0.4, 0.5) is 26.3 Å². The summed E-state index contributed by atoms with van der Waals surface area (Å²) in [5, 5.41) is 9.61. The largest absolute Gasteiger partial charge is 0.426 e. The van der Waals surface area contributed by atoms with Crippen molar-refractivity contribution in [2.24, 2.45) is 5.41 Å². The van der Waals surface area contributed by atoms with Crippen molar-refractivity contribution in [1.82, 2.24) is 0 Å². The minimum absolute atomic E-state index is 0.259. The monoisotopic (exact) mass is 392 g/mol. The van der Waals surface area contributed by atoms with Gasteiger partial charge in [0.15, 0.2) is 0 Å². The Hall–Kier alpha value is -0.460. The zero-order valence-electron chi connectivity index (χ0n) is 16.2. The van der Waals surface area contributed by atoms with Crippen LogP contribution >= 0.6 is 0 Å².